The van der Waals surface area contributed by atoms with E-state index in [9.17, 15) is 10.4 Å². The molecule has 150 valence electrons. The summed E-state index contributed by atoms with van der Waals surface area (Å²) in [6, 6.07) is 8.09. The zero-order chi connectivity index (χ0) is 20.4. The van der Waals surface area contributed by atoms with Crippen LogP contribution in [0.15, 0.2) is 36.8 Å². The first-order valence-electron chi connectivity index (χ1n) is 9.75. The Kier molecular flexibility index (Phi) is 5.34. The summed E-state index contributed by atoms with van der Waals surface area (Å²) in [7, 11) is 0. The first-order chi connectivity index (χ1) is 14.1. The van der Waals surface area contributed by atoms with Crippen LogP contribution in [-0.4, -0.2) is 58.1 Å². The summed E-state index contributed by atoms with van der Waals surface area (Å²) in [5, 5.41) is 26.9. The molecule has 3 aromatic heterocycles. The summed E-state index contributed by atoms with van der Waals surface area (Å²) in [5.41, 5.74) is 2.89. The van der Waals surface area contributed by atoms with E-state index in [1.54, 1.807) is 23.8 Å². The van der Waals surface area contributed by atoms with Gasteiger partial charge in [0.2, 0.25) is 0 Å². The van der Waals surface area contributed by atoms with Crippen LogP contribution < -0.4 is 15.0 Å². The van der Waals surface area contributed by atoms with Crippen molar-refractivity contribution in [3.05, 3.63) is 42.4 Å². The van der Waals surface area contributed by atoms with E-state index in [1.807, 2.05) is 31.3 Å². The number of ether oxygens (including phenoxy) is 1. The molecule has 4 heterocycles. The summed E-state index contributed by atoms with van der Waals surface area (Å²) < 4.78 is 7.52. The number of hydrogen-bond acceptors (Lipinski definition) is 7. The lowest BCUT2D eigenvalue weighted by molar-refractivity contribution is 0.0601. The maximum atomic E-state index is 9.77. The van der Waals surface area contributed by atoms with Crippen LogP contribution in [0, 0.1) is 11.3 Å². The van der Waals surface area contributed by atoms with Gasteiger partial charge in [0.05, 0.1) is 29.6 Å². The molecule has 0 aliphatic carbocycles. The Morgan fingerprint density at radius 2 is 2.03 bits per heavy atom. The highest BCUT2D eigenvalue weighted by molar-refractivity contribution is 5.85. The van der Waals surface area contributed by atoms with Crippen molar-refractivity contribution in [2.75, 3.05) is 31.1 Å². The largest absolute Gasteiger partial charge is 0.486 e. The van der Waals surface area contributed by atoms with Crippen molar-refractivity contribution in [1.29, 1.82) is 5.26 Å². The van der Waals surface area contributed by atoms with E-state index in [2.05, 4.69) is 26.4 Å². The van der Waals surface area contributed by atoms with Crippen molar-refractivity contribution in [3.8, 4) is 22.9 Å². The fraction of sp³-hybridized carbons (Fsp3) is 0.381. The standard InChI is InChI=1S/C21H24N6O2/c1-14(28)15(2)29-18-9-19(21-17(10-22)12-25-27(21)13-18)16-3-4-20(24-11-16)26-7-5-23-6-8-26/h3-4,9,11-15,23,28H,5-8H2,1-2H3. The molecule has 0 radical (unpaired) electrons. The molecule has 0 amide bonds. The van der Waals surface area contributed by atoms with Gasteiger partial charge in [0, 0.05) is 43.5 Å². The van der Waals surface area contributed by atoms with Crippen molar-refractivity contribution < 1.29 is 9.84 Å². The SMILES string of the molecule is CC(O)C(C)Oc1cc(-c2ccc(N3CCNCC3)nc2)c2c(C#N)cnn2c1. The number of pyridine rings is 2. The molecule has 8 nitrogen and oxygen atoms in total. The first-order valence-corrected chi connectivity index (χ1v) is 9.75. The first kappa shape index (κ1) is 19.2. The van der Waals surface area contributed by atoms with Gasteiger partial charge in [-0.05, 0) is 32.0 Å². The fourth-order valence-electron chi connectivity index (χ4n) is 3.40. The van der Waals surface area contributed by atoms with Gasteiger partial charge in [-0.25, -0.2) is 9.50 Å². The van der Waals surface area contributed by atoms with Gasteiger partial charge in [-0.3, -0.25) is 0 Å². The minimum absolute atomic E-state index is 0.375. The number of nitriles is 1. The van der Waals surface area contributed by atoms with E-state index in [-0.39, 0.29) is 6.10 Å². The molecule has 0 spiro atoms. The summed E-state index contributed by atoms with van der Waals surface area (Å²) in [5.74, 6) is 1.51. The Morgan fingerprint density at radius 3 is 2.69 bits per heavy atom. The lowest BCUT2D eigenvalue weighted by atomic mass is 10.1. The molecule has 2 N–H and O–H groups in total. The lowest BCUT2D eigenvalue weighted by Crippen LogP contribution is -2.43. The molecule has 2 unspecified atom stereocenters. The Hall–Kier alpha value is -3.15. The van der Waals surface area contributed by atoms with Crippen LogP contribution in [0.25, 0.3) is 16.6 Å². The summed E-state index contributed by atoms with van der Waals surface area (Å²) >= 11 is 0. The molecular weight excluding hydrogens is 368 g/mol. The van der Waals surface area contributed by atoms with E-state index in [0.717, 1.165) is 43.1 Å². The van der Waals surface area contributed by atoms with Gasteiger partial charge in [0.15, 0.2) is 0 Å². The zero-order valence-electron chi connectivity index (χ0n) is 16.5. The van der Waals surface area contributed by atoms with Crippen LogP contribution >= 0.6 is 0 Å². The van der Waals surface area contributed by atoms with Crippen molar-refractivity contribution in [2.24, 2.45) is 0 Å². The summed E-state index contributed by atoms with van der Waals surface area (Å²) in [4.78, 5) is 6.90. The topological polar surface area (TPSA) is 98.7 Å². The van der Waals surface area contributed by atoms with Gasteiger partial charge >= 0.3 is 0 Å². The maximum Gasteiger partial charge on any atom is 0.138 e. The molecule has 1 fully saturated rings. The number of nitrogens with one attached hydrogen (secondary N) is 1. The number of hydrogen-bond donors (Lipinski definition) is 2. The monoisotopic (exact) mass is 392 g/mol. The molecule has 1 aliphatic heterocycles. The lowest BCUT2D eigenvalue weighted by Gasteiger charge is -2.28. The molecule has 0 saturated carbocycles. The summed E-state index contributed by atoms with van der Waals surface area (Å²) in [6.07, 6.45) is 4.11. The average Bonchev–Trinajstić information content (AvgIpc) is 3.17. The van der Waals surface area contributed by atoms with Crippen LogP contribution in [0.2, 0.25) is 0 Å². The van der Waals surface area contributed by atoms with Crippen molar-refractivity contribution in [3.63, 3.8) is 0 Å². The molecule has 29 heavy (non-hydrogen) atoms. The number of fused-ring (bicyclic) bond motifs is 1. The highest BCUT2D eigenvalue weighted by Crippen LogP contribution is 2.31. The van der Waals surface area contributed by atoms with Crippen LogP contribution in [0.3, 0.4) is 0 Å². The van der Waals surface area contributed by atoms with E-state index in [4.69, 9.17) is 4.74 Å². The number of aliphatic hydroxyl groups is 1. The molecular formula is C21H24N6O2. The third-order valence-corrected chi connectivity index (χ3v) is 5.21. The third kappa shape index (κ3) is 3.88. The highest BCUT2D eigenvalue weighted by Gasteiger charge is 2.17. The molecule has 4 rings (SSSR count). The van der Waals surface area contributed by atoms with E-state index in [1.165, 1.54) is 0 Å². The Morgan fingerprint density at radius 1 is 1.24 bits per heavy atom. The molecule has 0 bridgehead atoms. The van der Waals surface area contributed by atoms with E-state index < -0.39 is 6.10 Å². The molecule has 8 heteroatoms. The van der Waals surface area contributed by atoms with Crippen molar-refractivity contribution >= 4 is 11.3 Å². The van der Waals surface area contributed by atoms with Crippen LogP contribution in [-0.2, 0) is 0 Å². The number of nitrogens with zero attached hydrogens (tertiary/aromatic N) is 5. The second-order valence-electron chi connectivity index (χ2n) is 7.26. The Labute approximate surface area is 169 Å². The second kappa shape index (κ2) is 8.07. The van der Waals surface area contributed by atoms with E-state index in [0.29, 0.717) is 16.8 Å². The van der Waals surface area contributed by atoms with Crippen LogP contribution in [0.1, 0.15) is 19.4 Å². The van der Waals surface area contributed by atoms with Gasteiger partial charge in [-0.1, -0.05) is 0 Å². The van der Waals surface area contributed by atoms with Gasteiger partial charge in [-0.15, -0.1) is 0 Å². The smallest absolute Gasteiger partial charge is 0.138 e. The minimum Gasteiger partial charge on any atom is -0.486 e. The number of piperazine rings is 1. The third-order valence-electron chi connectivity index (χ3n) is 5.21. The molecule has 0 aromatic carbocycles. The molecule has 2 atom stereocenters. The maximum absolute atomic E-state index is 9.77. The Balaban J connectivity index is 1.74. The predicted octanol–water partition coefficient (Wildman–Crippen LogP) is 1.83. The second-order valence-corrected chi connectivity index (χ2v) is 7.26. The van der Waals surface area contributed by atoms with Gasteiger partial charge in [-0.2, -0.15) is 10.4 Å². The highest BCUT2D eigenvalue weighted by atomic mass is 16.5. The molecule has 1 saturated heterocycles. The quantitative estimate of drug-likeness (QED) is 0.683. The average molecular weight is 392 g/mol. The van der Waals surface area contributed by atoms with Gasteiger partial charge < -0.3 is 20.1 Å². The number of aliphatic hydroxyl groups excluding tert-OH is 1. The minimum atomic E-state index is -0.610. The van der Waals surface area contributed by atoms with Crippen molar-refractivity contribution in [2.45, 2.75) is 26.1 Å². The number of aromatic nitrogens is 3. The van der Waals surface area contributed by atoms with Gasteiger partial charge in [0.25, 0.3) is 0 Å². The zero-order valence-corrected chi connectivity index (χ0v) is 16.5. The van der Waals surface area contributed by atoms with Crippen LogP contribution in [0.4, 0.5) is 5.82 Å². The summed E-state index contributed by atoms with van der Waals surface area (Å²) in [6.45, 7) is 7.25. The predicted molar refractivity (Wildman–Crippen MR) is 110 cm³/mol. The fourth-order valence-corrected chi connectivity index (χ4v) is 3.40. The Bertz CT molecular complexity index is 1030. The van der Waals surface area contributed by atoms with E-state index >= 15 is 0 Å². The van der Waals surface area contributed by atoms with Crippen LogP contribution in [0.5, 0.6) is 5.75 Å². The normalized spacial score (nSPS) is 16.4. The molecule has 1 aliphatic rings. The van der Waals surface area contributed by atoms with Crippen molar-refractivity contribution in [1.82, 2.24) is 19.9 Å². The molecule has 3 aromatic rings. The number of anilines is 1. The number of rotatable bonds is 5. The van der Waals surface area contributed by atoms with Gasteiger partial charge in [0.1, 0.15) is 23.7 Å².